The molecule has 1 saturated heterocycles. The number of carbonyl (C=O) groups excluding carboxylic acids is 1. The van der Waals surface area contributed by atoms with Crippen molar-refractivity contribution in [3.63, 3.8) is 0 Å². The van der Waals surface area contributed by atoms with E-state index < -0.39 is 17.6 Å². The molecule has 1 aromatic heterocycles. The summed E-state index contributed by atoms with van der Waals surface area (Å²) in [6.45, 7) is 4.03. The van der Waals surface area contributed by atoms with Crippen LogP contribution in [0.25, 0.3) is 11.1 Å². The highest BCUT2D eigenvalue weighted by Gasteiger charge is 2.34. The van der Waals surface area contributed by atoms with Crippen molar-refractivity contribution in [2.75, 3.05) is 23.7 Å². The Hall–Kier alpha value is -3.59. The summed E-state index contributed by atoms with van der Waals surface area (Å²) in [5.41, 5.74) is 13.4. The number of aromatic nitrogens is 1. The van der Waals surface area contributed by atoms with Gasteiger partial charge in [0.2, 0.25) is 5.91 Å². The molecule has 9 heteroatoms. The lowest BCUT2D eigenvalue weighted by Gasteiger charge is -2.45. The first-order valence-corrected chi connectivity index (χ1v) is 13.8. The summed E-state index contributed by atoms with van der Waals surface area (Å²) < 4.78 is 38.2. The number of nitrogens with zero attached hydrogens (tertiary/aromatic N) is 2. The number of nitrogens with two attached hydrogens (primary N) is 2. The zero-order valence-corrected chi connectivity index (χ0v) is 22.9. The van der Waals surface area contributed by atoms with Crippen molar-refractivity contribution in [3.8, 4) is 11.1 Å². The van der Waals surface area contributed by atoms with Crippen LogP contribution in [0.2, 0.25) is 0 Å². The van der Waals surface area contributed by atoms with Gasteiger partial charge in [-0.1, -0.05) is 31.4 Å². The molecular formula is C31H38F3N5O. The number of hydrogen-bond acceptors (Lipinski definition) is 5. The van der Waals surface area contributed by atoms with Crippen LogP contribution in [0.1, 0.15) is 67.8 Å². The van der Waals surface area contributed by atoms with Gasteiger partial charge >= 0.3 is 6.18 Å². The van der Waals surface area contributed by atoms with Gasteiger partial charge in [0.25, 0.3) is 0 Å². The maximum atomic E-state index is 12.7. The van der Waals surface area contributed by atoms with Gasteiger partial charge < -0.3 is 21.7 Å². The maximum Gasteiger partial charge on any atom is 0.416 e. The Morgan fingerprint density at radius 1 is 1.00 bits per heavy atom. The lowest BCUT2D eigenvalue weighted by Crippen LogP contribution is -2.58. The number of amides is 1. The molecule has 1 aliphatic carbocycles. The van der Waals surface area contributed by atoms with Crippen LogP contribution in [0, 0.1) is 0 Å². The normalized spacial score (nSPS) is 19.9. The van der Waals surface area contributed by atoms with Crippen molar-refractivity contribution in [3.05, 3.63) is 78.0 Å². The van der Waals surface area contributed by atoms with E-state index in [0.29, 0.717) is 17.4 Å². The van der Waals surface area contributed by atoms with Gasteiger partial charge in [0.15, 0.2) is 0 Å². The molecule has 1 aliphatic heterocycles. The molecule has 0 unspecified atom stereocenters. The summed E-state index contributed by atoms with van der Waals surface area (Å²) in [7, 11) is 0. The summed E-state index contributed by atoms with van der Waals surface area (Å²) in [6.07, 6.45) is 5.99. The summed E-state index contributed by atoms with van der Waals surface area (Å²) in [4.78, 5) is 17.2. The molecule has 2 aromatic carbocycles. The Kier molecular flexibility index (Phi) is 9.35. The lowest BCUT2D eigenvalue weighted by atomic mass is 9.87. The van der Waals surface area contributed by atoms with E-state index in [-0.39, 0.29) is 5.54 Å². The van der Waals surface area contributed by atoms with Crippen molar-refractivity contribution in [2.24, 2.45) is 5.73 Å². The fourth-order valence-corrected chi connectivity index (χ4v) is 5.66. The summed E-state index contributed by atoms with van der Waals surface area (Å²) >= 11 is 0. The van der Waals surface area contributed by atoms with Crippen molar-refractivity contribution < 1.29 is 18.0 Å². The fourth-order valence-electron chi connectivity index (χ4n) is 5.66. The minimum absolute atomic E-state index is 0.0446. The number of anilines is 2. The fraction of sp³-hybridized carbons (Fsp3) is 0.419. The van der Waals surface area contributed by atoms with E-state index in [9.17, 15) is 18.0 Å². The highest BCUT2D eigenvalue weighted by atomic mass is 19.4. The number of piperidine rings is 1. The molecule has 1 amide bonds. The molecule has 6 nitrogen and oxygen atoms in total. The zero-order valence-electron chi connectivity index (χ0n) is 22.9. The molecule has 2 fully saturated rings. The molecule has 2 aliphatic rings. The predicted molar refractivity (Wildman–Crippen MR) is 154 cm³/mol. The van der Waals surface area contributed by atoms with Gasteiger partial charge in [0, 0.05) is 42.1 Å². The molecule has 1 atom stereocenters. The second-order valence-electron chi connectivity index (χ2n) is 11.0. The van der Waals surface area contributed by atoms with Gasteiger partial charge in [0.05, 0.1) is 5.56 Å². The van der Waals surface area contributed by atoms with E-state index in [1.54, 1.807) is 42.6 Å². The molecule has 5 N–H and O–H groups in total. The van der Waals surface area contributed by atoms with Gasteiger partial charge in [-0.25, -0.2) is 4.98 Å². The molecule has 214 valence electrons. The Morgan fingerprint density at radius 2 is 1.70 bits per heavy atom. The quantitative estimate of drug-likeness (QED) is 0.339. The minimum atomic E-state index is -4.27. The number of nitrogens with one attached hydrogen (secondary N) is 1. The third-order valence-corrected chi connectivity index (χ3v) is 7.68. The van der Waals surface area contributed by atoms with Crippen molar-refractivity contribution in [1.82, 2.24) is 10.3 Å². The highest BCUT2D eigenvalue weighted by molar-refractivity contribution is 5.94. The van der Waals surface area contributed by atoms with E-state index in [1.807, 2.05) is 12.1 Å². The number of primary amides is 1. The van der Waals surface area contributed by atoms with Crippen LogP contribution in [0.3, 0.4) is 0 Å². The van der Waals surface area contributed by atoms with Crippen LogP contribution in [0.15, 0.2) is 66.9 Å². The van der Waals surface area contributed by atoms with E-state index >= 15 is 0 Å². The number of benzene rings is 2. The minimum Gasteiger partial charge on any atom is -0.384 e. The average molecular weight is 554 g/mol. The van der Waals surface area contributed by atoms with Crippen molar-refractivity contribution in [2.45, 2.75) is 69.6 Å². The van der Waals surface area contributed by atoms with Crippen LogP contribution in [0.5, 0.6) is 0 Å². The second kappa shape index (κ2) is 12.7. The van der Waals surface area contributed by atoms with Gasteiger partial charge in [-0.3, -0.25) is 4.79 Å². The first-order chi connectivity index (χ1) is 19.0. The summed E-state index contributed by atoms with van der Waals surface area (Å²) in [5, 5.41) is 3.85. The van der Waals surface area contributed by atoms with Gasteiger partial charge in [-0.05, 0) is 92.3 Å². The Morgan fingerprint density at radius 3 is 2.35 bits per heavy atom. The van der Waals surface area contributed by atoms with Crippen LogP contribution in [-0.4, -0.2) is 35.6 Å². The van der Waals surface area contributed by atoms with Crippen LogP contribution >= 0.6 is 0 Å². The molecular weight excluding hydrogens is 515 g/mol. The number of pyridine rings is 1. The number of rotatable bonds is 5. The monoisotopic (exact) mass is 553 g/mol. The van der Waals surface area contributed by atoms with Crippen molar-refractivity contribution >= 4 is 17.4 Å². The number of hydrogen-bond donors (Lipinski definition) is 3. The maximum absolute atomic E-state index is 12.7. The Bertz CT molecular complexity index is 1270. The number of alkyl halides is 3. The van der Waals surface area contributed by atoms with E-state index in [2.05, 4.69) is 22.1 Å². The van der Waals surface area contributed by atoms with Gasteiger partial charge in [-0.15, -0.1) is 0 Å². The molecule has 2 heterocycles. The molecule has 0 bridgehead atoms. The first kappa shape index (κ1) is 29.4. The van der Waals surface area contributed by atoms with Crippen LogP contribution in [-0.2, 0) is 6.18 Å². The molecule has 0 spiro atoms. The zero-order chi connectivity index (χ0) is 28.8. The van der Waals surface area contributed by atoms with E-state index in [4.69, 9.17) is 11.5 Å². The number of nitrogen functional groups attached to an aromatic ring is 1. The highest BCUT2D eigenvalue weighted by Crippen LogP contribution is 2.33. The third-order valence-electron chi connectivity index (χ3n) is 7.68. The predicted octanol–water partition coefficient (Wildman–Crippen LogP) is 6.42. The summed E-state index contributed by atoms with van der Waals surface area (Å²) in [5.74, 6) is 0.00542. The number of halogens is 3. The van der Waals surface area contributed by atoms with Gasteiger partial charge in [-0.2, -0.15) is 13.2 Å². The molecule has 40 heavy (non-hydrogen) atoms. The lowest BCUT2D eigenvalue weighted by molar-refractivity contribution is -0.137. The summed E-state index contributed by atoms with van der Waals surface area (Å²) in [6, 6.07) is 16.9. The van der Waals surface area contributed by atoms with Crippen LogP contribution < -0.4 is 21.7 Å². The topological polar surface area (TPSA) is 97.3 Å². The van der Waals surface area contributed by atoms with Gasteiger partial charge in [0.1, 0.15) is 5.82 Å². The Labute approximate surface area is 234 Å². The molecule has 0 radical (unpaired) electrons. The molecule has 5 rings (SSSR count). The molecule has 1 saturated carbocycles. The largest absolute Gasteiger partial charge is 0.416 e. The SMILES string of the molecule is C[C@]1(NC2CCCCC2)CCCN(c2ccc(C(F)(F)F)cc2)C1.NC(=O)c1cccc(-c2ccnc(N)c2)c1. The van der Waals surface area contributed by atoms with Crippen LogP contribution in [0.4, 0.5) is 24.7 Å². The first-order valence-electron chi connectivity index (χ1n) is 13.8. The third kappa shape index (κ3) is 7.97. The van der Waals surface area contributed by atoms with E-state index in [1.165, 1.54) is 44.2 Å². The number of carbonyl (C=O) groups is 1. The standard InChI is InChI=1S/C19H27F3N2.C12H11N3O/c1-18(23-16-6-3-2-4-7-16)12-5-13-24(14-18)17-10-8-15(9-11-17)19(20,21)22;13-11-7-9(4-5-15-11)8-2-1-3-10(6-8)12(14)16/h8-11,16,23H,2-7,12-14H2,1H3;1-7H,(H2,13,15)(H2,14,16)/t18-;/m0./s1. The Balaban J connectivity index is 0.000000201. The average Bonchev–Trinajstić information content (AvgIpc) is 2.93. The molecule has 3 aromatic rings. The smallest absolute Gasteiger partial charge is 0.384 e. The van der Waals surface area contributed by atoms with Crippen molar-refractivity contribution in [1.29, 1.82) is 0 Å². The second-order valence-corrected chi connectivity index (χ2v) is 11.0. The van der Waals surface area contributed by atoms with E-state index in [0.717, 1.165) is 42.7 Å².